The lowest BCUT2D eigenvalue weighted by Crippen LogP contribution is -2.34. The van der Waals surface area contributed by atoms with Gasteiger partial charge in [0.1, 0.15) is 5.82 Å². The molecular weight excluding hydrogens is 268 g/mol. The Balaban J connectivity index is 2.40. The Kier molecular flexibility index (Phi) is 5.32. The van der Waals surface area contributed by atoms with Crippen molar-refractivity contribution in [3.63, 3.8) is 0 Å². The van der Waals surface area contributed by atoms with Crippen LogP contribution in [-0.4, -0.2) is 53.0 Å². The lowest BCUT2D eigenvalue weighted by atomic mass is 10.2. The highest BCUT2D eigenvalue weighted by molar-refractivity contribution is 5.87. The van der Waals surface area contributed by atoms with Gasteiger partial charge in [-0.3, -0.25) is 5.10 Å². The molecule has 0 saturated carbocycles. The van der Waals surface area contributed by atoms with Gasteiger partial charge in [0.15, 0.2) is 5.65 Å². The molecule has 0 bridgehead atoms. The van der Waals surface area contributed by atoms with Crippen molar-refractivity contribution in [2.75, 3.05) is 37.0 Å². The predicted octanol–water partition coefficient (Wildman–Crippen LogP) is 2.04. The van der Waals surface area contributed by atoms with Crippen molar-refractivity contribution in [3.05, 3.63) is 6.20 Å². The van der Waals surface area contributed by atoms with E-state index in [1.165, 1.54) is 0 Å². The molecule has 0 radical (unpaired) electrons. The molecule has 0 saturated heterocycles. The van der Waals surface area contributed by atoms with Crippen LogP contribution in [0.4, 0.5) is 11.8 Å². The van der Waals surface area contributed by atoms with E-state index < -0.39 is 0 Å². The zero-order chi connectivity index (χ0) is 15.2. The normalized spacial score (nSPS) is 11.3. The lowest BCUT2D eigenvalue weighted by Gasteiger charge is -2.28. The number of rotatable bonds is 8. The van der Waals surface area contributed by atoms with Crippen molar-refractivity contribution in [1.82, 2.24) is 20.2 Å². The zero-order valence-corrected chi connectivity index (χ0v) is 13.2. The second-order valence-electron chi connectivity index (χ2n) is 5.21. The quantitative estimate of drug-likeness (QED) is 0.775. The van der Waals surface area contributed by atoms with E-state index >= 15 is 0 Å². The first-order valence-electron chi connectivity index (χ1n) is 7.38. The molecule has 0 unspecified atom stereocenters. The first-order valence-corrected chi connectivity index (χ1v) is 7.38. The van der Waals surface area contributed by atoms with E-state index in [9.17, 15) is 0 Å². The number of fused-ring (bicyclic) bond motifs is 1. The number of anilines is 2. The number of ether oxygens (including phenoxy) is 1. The Morgan fingerprint density at radius 2 is 2.19 bits per heavy atom. The molecule has 0 aliphatic carbocycles. The van der Waals surface area contributed by atoms with E-state index in [1.54, 1.807) is 13.3 Å². The standard InChI is InChI=1S/C14H24N6O/c1-5-6-15-14-17-12-11(9-16-19-12)13(18-14)20(10(2)3)7-8-21-4/h9-10H,5-8H2,1-4H3,(H2,15,16,17,18,19). The summed E-state index contributed by atoms with van der Waals surface area (Å²) < 4.78 is 5.21. The minimum absolute atomic E-state index is 0.312. The third-order valence-electron chi connectivity index (χ3n) is 3.25. The Labute approximate surface area is 125 Å². The molecule has 0 aromatic carbocycles. The molecular formula is C14H24N6O. The van der Waals surface area contributed by atoms with Crippen LogP contribution >= 0.6 is 0 Å². The van der Waals surface area contributed by atoms with Crippen LogP contribution in [0, 0.1) is 0 Å². The summed E-state index contributed by atoms with van der Waals surface area (Å²) in [5.41, 5.74) is 0.752. The van der Waals surface area contributed by atoms with Gasteiger partial charge >= 0.3 is 0 Å². The summed E-state index contributed by atoms with van der Waals surface area (Å²) in [4.78, 5) is 11.3. The highest BCUT2D eigenvalue weighted by Gasteiger charge is 2.18. The molecule has 21 heavy (non-hydrogen) atoms. The van der Waals surface area contributed by atoms with Crippen LogP contribution in [-0.2, 0) is 4.74 Å². The van der Waals surface area contributed by atoms with E-state index in [4.69, 9.17) is 4.74 Å². The molecule has 116 valence electrons. The van der Waals surface area contributed by atoms with E-state index in [1.807, 2.05) is 0 Å². The number of aromatic amines is 1. The smallest absolute Gasteiger partial charge is 0.226 e. The molecule has 0 amide bonds. The summed E-state index contributed by atoms with van der Waals surface area (Å²) in [7, 11) is 1.71. The van der Waals surface area contributed by atoms with Gasteiger partial charge in [-0.15, -0.1) is 0 Å². The van der Waals surface area contributed by atoms with Crippen molar-refractivity contribution < 1.29 is 4.74 Å². The van der Waals surface area contributed by atoms with Gasteiger partial charge < -0.3 is 15.0 Å². The maximum atomic E-state index is 5.21. The molecule has 0 fully saturated rings. The summed E-state index contributed by atoms with van der Waals surface area (Å²) in [6.45, 7) is 8.67. The largest absolute Gasteiger partial charge is 0.383 e. The third-order valence-corrected chi connectivity index (χ3v) is 3.25. The molecule has 2 N–H and O–H groups in total. The molecule has 2 aromatic rings. The first-order chi connectivity index (χ1) is 10.2. The number of hydrogen-bond acceptors (Lipinski definition) is 6. The van der Waals surface area contributed by atoms with Gasteiger partial charge in [0, 0.05) is 26.2 Å². The monoisotopic (exact) mass is 292 g/mol. The van der Waals surface area contributed by atoms with Crippen LogP contribution in [0.3, 0.4) is 0 Å². The zero-order valence-electron chi connectivity index (χ0n) is 13.2. The topological polar surface area (TPSA) is 79.0 Å². The van der Waals surface area contributed by atoms with Crippen molar-refractivity contribution in [1.29, 1.82) is 0 Å². The molecule has 2 heterocycles. The lowest BCUT2D eigenvalue weighted by molar-refractivity contribution is 0.203. The van der Waals surface area contributed by atoms with Crippen LogP contribution in [0.5, 0.6) is 0 Å². The Morgan fingerprint density at radius 3 is 2.86 bits per heavy atom. The summed E-state index contributed by atoms with van der Waals surface area (Å²) in [6.07, 6.45) is 2.80. The minimum Gasteiger partial charge on any atom is -0.383 e. The van der Waals surface area contributed by atoms with E-state index in [0.717, 1.165) is 36.4 Å². The highest BCUT2D eigenvalue weighted by Crippen LogP contribution is 2.25. The third kappa shape index (κ3) is 3.60. The number of H-pyrrole nitrogens is 1. The van der Waals surface area contributed by atoms with Gasteiger partial charge in [-0.05, 0) is 20.3 Å². The van der Waals surface area contributed by atoms with E-state index in [-0.39, 0.29) is 0 Å². The van der Waals surface area contributed by atoms with Crippen LogP contribution in [0.25, 0.3) is 11.0 Å². The summed E-state index contributed by atoms with van der Waals surface area (Å²) in [5.74, 6) is 1.52. The van der Waals surface area contributed by atoms with Gasteiger partial charge in [0.25, 0.3) is 0 Å². The van der Waals surface area contributed by atoms with Gasteiger partial charge in [0.05, 0.1) is 18.2 Å². The molecule has 7 heteroatoms. The number of nitrogens with zero attached hydrogens (tertiary/aromatic N) is 4. The van der Waals surface area contributed by atoms with Gasteiger partial charge in [-0.2, -0.15) is 15.1 Å². The second-order valence-corrected chi connectivity index (χ2v) is 5.21. The Hall–Kier alpha value is -1.89. The fourth-order valence-corrected chi connectivity index (χ4v) is 2.15. The van der Waals surface area contributed by atoms with Crippen molar-refractivity contribution in [2.24, 2.45) is 0 Å². The first kappa shape index (κ1) is 15.5. The average molecular weight is 292 g/mol. The number of hydrogen-bond donors (Lipinski definition) is 2. The highest BCUT2D eigenvalue weighted by atomic mass is 16.5. The molecule has 0 atom stereocenters. The number of aromatic nitrogens is 4. The summed E-state index contributed by atoms with van der Waals surface area (Å²) >= 11 is 0. The van der Waals surface area contributed by atoms with E-state index in [0.29, 0.717) is 18.6 Å². The molecule has 7 nitrogen and oxygen atoms in total. The van der Waals surface area contributed by atoms with E-state index in [2.05, 4.69) is 51.2 Å². The maximum Gasteiger partial charge on any atom is 0.226 e. The molecule has 0 spiro atoms. The van der Waals surface area contributed by atoms with Crippen LogP contribution in [0.1, 0.15) is 27.2 Å². The number of nitrogens with one attached hydrogen (secondary N) is 2. The summed E-state index contributed by atoms with van der Waals surface area (Å²) in [5, 5.41) is 11.2. The maximum absolute atomic E-state index is 5.21. The molecule has 0 aliphatic heterocycles. The second kappa shape index (κ2) is 7.21. The van der Waals surface area contributed by atoms with Crippen LogP contribution in [0.2, 0.25) is 0 Å². The Bertz CT molecular complexity index is 568. The van der Waals surface area contributed by atoms with Crippen molar-refractivity contribution >= 4 is 22.8 Å². The summed E-state index contributed by atoms with van der Waals surface area (Å²) in [6, 6.07) is 0.312. The SMILES string of the molecule is CCCNc1nc(N(CCOC)C(C)C)c2cn[nH]c2n1. The fourth-order valence-electron chi connectivity index (χ4n) is 2.15. The van der Waals surface area contributed by atoms with Gasteiger partial charge in [0.2, 0.25) is 5.95 Å². The van der Waals surface area contributed by atoms with Gasteiger partial charge in [-0.1, -0.05) is 6.92 Å². The molecule has 2 rings (SSSR count). The van der Waals surface area contributed by atoms with Crippen LogP contribution < -0.4 is 10.2 Å². The van der Waals surface area contributed by atoms with Crippen LogP contribution in [0.15, 0.2) is 6.20 Å². The molecule has 0 aliphatic rings. The fraction of sp³-hybridized carbons (Fsp3) is 0.643. The van der Waals surface area contributed by atoms with Gasteiger partial charge in [-0.25, -0.2) is 0 Å². The predicted molar refractivity (Wildman–Crippen MR) is 84.8 cm³/mol. The van der Waals surface area contributed by atoms with Crippen molar-refractivity contribution in [3.8, 4) is 0 Å². The number of methoxy groups -OCH3 is 1. The minimum atomic E-state index is 0.312. The molecule has 2 aromatic heterocycles. The average Bonchev–Trinajstić information content (AvgIpc) is 2.93. The Morgan fingerprint density at radius 1 is 1.38 bits per heavy atom. The van der Waals surface area contributed by atoms with Crippen molar-refractivity contribution in [2.45, 2.75) is 33.2 Å².